The molecular formula is C26H33N3O3. The average molecular weight is 436 g/mol. The summed E-state index contributed by atoms with van der Waals surface area (Å²) in [5, 5.41) is 3.14. The van der Waals surface area contributed by atoms with Crippen LogP contribution in [0.25, 0.3) is 0 Å². The summed E-state index contributed by atoms with van der Waals surface area (Å²) < 4.78 is 10.9. The van der Waals surface area contributed by atoms with Gasteiger partial charge in [0.05, 0.1) is 0 Å². The Labute approximate surface area is 190 Å². The summed E-state index contributed by atoms with van der Waals surface area (Å²) in [6.07, 6.45) is 6.98. The molecule has 0 bridgehead atoms. The van der Waals surface area contributed by atoms with Crippen LogP contribution in [0.1, 0.15) is 37.4 Å². The van der Waals surface area contributed by atoms with E-state index in [0.29, 0.717) is 19.3 Å². The predicted octanol–water partition coefficient (Wildman–Crippen LogP) is 3.45. The van der Waals surface area contributed by atoms with Crippen LogP contribution in [0.4, 0.5) is 0 Å². The van der Waals surface area contributed by atoms with Crippen LogP contribution >= 0.6 is 0 Å². The van der Waals surface area contributed by atoms with E-state index >= 15 is 0 Å². The van der Waals surface area contributed by atoms with Crippen LogP contribution in [0.2, 0.25) is 0 Å². The summed E-state index contributed by atoms with van der Waals surface area (Å²) in [6, 6.07) is 12.2. The number of benzene rings is 1. The van der Waals surface area contributed by atoms with Crippen molar-refractivity contribution in [3.05, 3.63) is 53.9 Å². The highest BCUT2D eigenvalue weighted by Crippen LogP contribution is 2.59. The number of fused-ring (bicyclic) bond motifs is 1. The third-order valence-electron chi connectivity index (χ3n) is 7.36. The molecule has 2 aliphatic heterocycles. The molecule has 1 aliphatic carbocycles. The second kappa shape index (κ2) is 9.10. The van der Waals surface area contributed by atoms with Crippen LogP contribution in [0.5, 0.6) is 11.5 Å². The minimum absolute atomic E-state index is 0.208. The van der Waals surface area contributed by atoms with E-state index in [1.54, 1.807) is 6.20 Å². The largest absolute Gasteiger partial charge is 0.454 e. The second-order valence-electron chi connectivity index (χ2n) is 9.78. The number of nitrogens with one attached hydrogen (secondary N) is 1. The highest BCUT2D eigenvalue weighted by molar-refractivity contribution is 5.82. The van der Waals surface area contributed by atoms with Crippen molar-refractivity contribution < 1.29 is 14.3 Å². The molecular weight excluding hydrogens is 402 g/mol. The Balaban J connectivity index is 1.03. The van der Waals surface area contributed by atoms with Crippen LogP contribution in [0.15, 0.2) is 42.6 Å². The van der Waals surface area contributed by atoms with Gasteiger partial charge in [-0.25, -0.2) is 0 Å². The molecule has 1 amide bonds. The van der Waals surface area contributed by atoms with E-state index in [9.17, 15) is 4.79 Å². The zero-order valence-corrected chi connectivity index (χ0v) is 18.9. The third-order valence-corrected chi connectivity index (χ3v) is 7.36. The van der Waals surface area contributed by atoms with E-state index in [2.05, 4.69) is 34.3 Å². The fourth-order valence-corrected chi connectivity index (χ4v) is 5.41. The Bertz CT molecular complexity index is 941. The van der Waals surface area contributed by atoms with Crippen molar-refractivity contribution in [1.82, 2.24) is 15.2 Å². The number of carbonyl (C=O) groups excluding carboxylic acids is 1. The van der Waals surface area contributed by atoms with Gasteiger partial charge >= 0.3 is 0 Å². The van der Waals surface area contributed by atoms with Crippen molar-refractivity contribution in [2.24, 2.45) is 17.3 Å². The van der Waals surface area contributed by atoms with Crippen LogP contribution in [0, 0.1) is 17.3 Å². The zero-order valence-electron chi connectivity index (χ0n) is 18.9. The number of hydrogen-bond acceptors (Lipinski definition) is 5. The maximum absolute atomic E-state index is 12.6. The van der Waals surface area contributed by atoms with Crippen LogP contribution in [-0.2, 0) is 17.6 Å². The van der Waals surface area contributed by atoms with Gasteiger partial charge in [-0.15, -0.1) is 0 Å². The molecule has 1 saturated carbocycles. The van der Waals surface area contributed by atoms with Gasteiger partial charge in [-0.2, -0.15) is 0 Å². The number of nitrogens with zero attached hydrogens (tertiary/aromatic N) is 2. The molecule has 1 spiro atoms. The lowest BCUT2D eigenvalue weighted by molar-refractivity contribution is -0.123. The van der Waals surface area contributed by atoms with Crippen molar-refractivity contribution in [3.63, 3.8) is 0 Å². The Hall–Kier alpha value is -2.60. The smallest absolute Gasteiger partial charge is 0.231 e. The van der Waals surface area contributed by atoms with Crippen LogP contribution in [0.3, 0.4) is 0 Å². The quantitative estimate of drug-likeness (QED) is 0.688. The van der Waals surface area contributed by atoms with Gasteiger partial charge in [0, 0.05) is 37.3 Å². The van der Waals surface area contributed by atoms with Crippen LogP contribution < -0.4 is 14.8 Å². The molecule has 6 heteroatoms. The molecule has 6 nitrogen and oxygen atoms in total. The summed E-state index contributed by atoms with van der Waals surface area (Å²) in [5.41, 5.74) is 2.59. The van der Waals surface area contributed by atoms with Crippen molar-refractivity contribution in [1.29, 1.82) is 0 Å². The summed E-state index contributed by atoms with van der Waals surface area (Å²) in [4.78, 5) is 19.6. The first kappa shape index (κ1) is 21.3. The van der Waals surface area contributed by atoms with Crippen molar-refractivity contribution in [3.8, 4) is 11.5 Å². The van der Waals surface area contributed by atoms with E-state index in [1.807, 2.05) is 24.3 Å². The van der Waals surface area contributed by atoms with Gasteiger partial charge in [-0.3, -0.25) is 9.78 Å². The lowest BCUT2D eigenvalue weighted by Crippen LogP contribution is -2.39. The number of likely N-dealkylation sites (tertiary alicyclic amines) is 1. The minimum Gasteiger partial charge on any atom is -0.454 e. The number of carbonyl (C=O) groups is 1. The van der Waals surface area contributed by atoms with Crippen molar-refractivity contribution in [2.45, 2.75) is 39.0 Å². The molecule has 3 aliphatic rings. The molecule has 2 fully saturated rings. The zero-order chi connectivity index (χ0) is 22.0. The number of aromatic nitrogens is 1. The first-order valence-corrected chi connectivity index (χ1v) is 11.9. The van der Waals surface area contributed by atoms with E-state index in [4.69, 9.17) is 9.47 Å². The molecule has 5 rings (SSSR count). The Morgan fingerprint density at radius 2 is 2.06 bits per heavy atom. The maximum Gasteiger partial charge on any atom is 0.231 e. The molecule has 1 aromatic heterocycles. The van der Waals surface area contributed by atoms with Gasteiger partial charge in [0.25, 0.3) is 0 Å². The minimum atomic E-state index is 0.208. The first-order chi connectivity index (χ1) is 15.6. The summed E-state index contributed by atoms with van der Waals surface area (Å²) in [6.45, 7) is 6.63. The molecule has 2 atom stereocenters. The summed E-state index contributed by atoms with van der Waals surface area (Å²) >= 11 is 0. The average Bonchev–Trinajstić information content (AvgIpc) is 3.29. The number of amides is 1. The fraction of sp³-hybridized carbons (Fsp3) is 0.538. The van der Waals surface area contributed by atoms with Gasteiger partial charge in [0.1, 0.15) is 0 Å². The number of ether oxygens (including phenoxy) is 2. The fourth-order valence-electron chi connectivity index (χ4n) is 5.41. The number of pyridine rings is 1. The van der Waals surface area contributed by atoms with Crippen LogP contribution in [-0.4, -0.2) is 48.8 Å². The van der Waals surface area contributed by atoms with Gasteiger partial charge in [0.2, 0.25) is 12.7 Å². The monoisotopic (exact) mass is 435 g/mol. The normalized spacial score (nSPS) is 22.0. The van der Waals surface area contributed by atoms with E-state index in [0.717, 1.165) is 68.9 Å². The topological polar surface area (TPSA) is 63.7 Å². The molecule has 32 heavy (non-hydrogen) atoms. The Kier molecular flexibility index (Phi) is 6.05. The predicted molar refractivity (Wildman–Crippen MR) is 123 cm³/mol. The second-order valence-corrected chi connectivity index (χ2v) is 9.78. The maximum atomic E-state index is 12.6. The van der Waals surface area contributed by atoms with E-state index in [1.165, 1.54) is 5.56 Å². The molecule has 1 aromatic carbocycles. The lowest BCUT2D eigenvalue weighted by Gasteiger charge is -2.34. The van der Waals surface area contributed by atoms with Gasteiger partial charge in [-0.1, -0.05) is 19.1 Å². The lowest BCUT2D eigenvalue weighted by atomic mass is 9.89. The first-order valence-electron chi connectivity index (χ1n) is 11.9. The SMILES string of the molecule is C[C@H](Cc1ccc2c(c1)OCO2)CN1CCC2(CC1)C[C@@H]2C(=O)NCCc1ccccn1. The third kappa shape index (κ3) is 4.75. The van der Waals surface area contributed by atoms with E-state index in [-0.39, 0.29) is 17.2 Å². The molecule has 170 valence electrons. The van der Waals surface area contributed by atoms with Gasteiger partial charge in [0.15, 0.2) is 11.5 Å². The number of piperidine rings is 1. The molecule has 0 radical (unpaired) electrons. The summed E-state index contributed by atoms with van der Waals surface area (Å²) in [5.74, 6) is 2.74. The Morgan fingerprint density at radius 3 is 2.88 bits per heavy atom. The number of rotatable bonds is 8. The standard InChI is InChI=1S/C26H33N3O3/c1-19(14-20-5-6-23-24(15-20)32-18-31-23)17-29-12-8-26(9-13-29)16-22(26)25(30)28-11-7-21-4-2-3-10-27-21/h2-6,10,15,19,22H,7-9,11-14,16-18H2,1H3,(H,28,30)/t19-,22-/m1/s1. The molecule has 0 unspecified atom stereocenters. The summed E-state index contributed by atoms with van der Waals surface area (Å²) in [7, 11) is 0. The molecule has 2 aromatic rings. The van der Waals surface area contributed by atoms with Crippen molar-refractivity contribution in [2.75, 3.05) is 33.0 Å². The Morgan fingerprint density at radius 1 is 1.22 bits per heavy atom. The number of hydrogen-bond donors (Lipinski definition) is 1. The molecule has 1 N–H and O–H groups in total. The molecule has 3 heterocycles. The molecule has 1 saturated heterocycles. The van der Waals surface area contributed by atoms with Gasteiger partial charge in [-0.05, 0) is 79.9 Å². The highest BCUT2D eigenvalue weighted by atomic mass is 16.7. The van der Waals surface area contributed by atoms with Crippen molar-refractivity contribution >= 4 is 5.91 Å². The van der Waals surface area contributed by atoms with Gasteiger partial charge < -0.3 is 19.7 Å². The highest BCUT2D eigenvalue weighted by Gasteiger charge is 2.58. The van der Waals surface area contributed by atoms with E-state index < -0.39 is 0 Å².